The number of fused-ring (bicyclic) bond motifs is 1. The molecule has 2 heterocycles. The monoisotopic (exact) mass is 413 g/mol. The third-order valence-corrected chi connectivity index (χ3v) is 5.44. The molecule has 1 aliphatic rings. The Bertz CT molecular complexity index is 915. The van der Waals surface area contributed by atoms with E-state index in [0.29, 0.717) is 38.8 Å². The first-order valence-electron chi connectivity index (χ1n) is 8.77. The van der Waals surface area contributed by atoms with Crippen LogP contribution in [0.25, 0.3) is 10.9 Å². The third kappa shape index (κ3) is 3.72. The van der Waals surface area contributed by atoms with Crippen LogP contribution >= 0.6 is 27.5 Å². The zero-order valence-corrected chi connectivity index (χ0v) is 15.3. The molecule has 2 atom stereocenters. The second-order valence-electron chi connectivity index (χ2n) is 6.04. The highest BCUT2D eigenvalue weighted by Gasteiger charge is 2.23. The van der Waals surface area contributed by atoms with E-state index in [1.807, 2.05) is 0 Å². The fourth-order valence-electron chi connectivity index (χ4n) is 2.95. The molecule has 7 heteroatoms. The largest absolute Gasteiger partial charge is 0.391 e. The van der Waals surface area contributed by atoms with Crippen LogP contribution < -0.4 is 10.9 Å². The van der Waals surface area contributed by atoms with Crippen molar-refractivity contribution in [1.82, 2.24) is 14.9 Å². The molecule has 5 nitrogen and oxygen atoms in total. The first-order chi connectivity index (χ1) is 12.4. The molecular formula is C17H19BrClN3O2. The lowest BCUT2D eigenvalue weighted by atomic mass is 9.95. The Balaban J connectivity index is 1.90. The van der Waals surface area contributed by atoms with Gasteiger partial charge in [-0.15, -0.1) is 0 Å². The van der Waals surface area contributed by atoms with E-state index < -0.39 is 6.10 Å². The Labute approximate surface area is 156 Å². The van der Waals surface area contributed by atoms with Gasteiger partial charge in [0.2, 0.25) is 0 Å². The number of aliphatic hydroxyl groups excluding tert-OH is 1. The van der Waals surface area contributed by atoms with Gasteiger partial charge in [0.25, 0.3) is 5.56 Å². The van der Waals surface area contributed by atoms with Crippen LogP contribution in [0.3, 0.4) is 0 Å². The number of rotatable bonds is 4. The number of nitrogens with zero attached hydrogens (tertiary/aromatic N) is 2. The van der Waals surface area contributed by atoms with E-state index in [2.05, 4.69) is 26.2 Å². The molecule has 2 N–H and O–H groups in total. The van der Waals surface area contributed by atoms with Gasteiger partial charge in [0.15, 0.2) is 0 Å². The fraction of sp³-hybridized carbons (Fsp3) is 0.412. The van der Waals surface area contributed by atoms with Crippen LogP contribution in [0, 0.1) is 0 Å². The molecule has 24 heavy (non-hydrogen) atoms. The van der Waals surface area contributed by atoms with Crippen LogP contribution in [0.5, 0.6) is 0 Å². The molecule has 3 rings (SSSR count). The van der Waals surface area contributed by atoms with E-state index in [0.717, 1.165) is 13.0 Å². The van der Waals surface area contributed by atoms with E-state index in [1.165, 1.54) is 10.9 Å². The molecule has 1 aliphatic heterocycles. The minimum Gasteiger partial charge on any atom is -0.391 e. The molecule has 2 aromatic rings. The van der Waals surface area contributed by atoms with Crippen molar-refractivity contribution in [3.05, 3.63) is 50.4 Å². The van der Waals surface area contributed by atoms with Crippen molar-refractivity contribution >= 4 is 38.4 Å². The molecule has 1 fully saturated rings. The molecule has 1 saturated heterocycles. The quantitative estimate of drug-likeness (QED) is 0.755. The average molecular weight is 415 g/mol. The van der Waals surface area contributed by atoms with Crippen LogP contribution in [0.4, 0.5) is 0 Å². The standard InChI is InChI=1S/C17H19BrClN3O2/c1-10(5-15-16(23)3-2-4-20-15)8-22-9-21-14-7-12(18)13(19)6-11(14)17(22)24/h6-7,9,15-16,20,23H,1-5,8H2/t15-,16+/m0/s1/i1D2. The predicted molar refractivity (Wildman–Crippen MR) is 99.5 cm³/mol. The van der Waals surface area contributed by atoms with E-state index >= 15 is 0 Å². The van der Waals surface area contributed by atoms with Crippen LogP contribution in [-0.4, -0.2) is 33.3 Å². The topological polar surface area (TPSA) is 67.2 Å². The Morgan fingerprint density at radius 2 is 2.46 bits per heavy atom. The average Bonchev–Trinajstić information content (AvgIpc) is 2.60. The molecule has 0 saturated carbocycles. The van der Waals surface area contributed by atoms with Crippen LogP contribution in [-0.2, 0) is 6.54 Å². The summed E-state index contributed by atoms with van der Waals surface area (Å²) in [6.07, 6.45) is 2.84. The number of piperidine rings is 1. The SMILES string of the molecule is [2H]C([2H])=C(C[C@@H]1NCCC[C@H]1O)Cn1cnc2cc(Br)c(Cl)cc2c1=O. The zero-order chi connectivity index (χ0) is 18.8. The van der Waals surface area contributed by atoms with Gasteiger partial charge in [0, 0.05) is 17.1 Å². The van der Waals surface area contributed by atoms with Crippen molar-refractivity contribution in [3.8, 4) is 0 Å². The van der Waals surface area contributed by atoms with Crippen LogP contribution in [0.2, 0.25) is 5.02 Å². The van der Waals surface area contributed by atoms with Gasteiger partial charge in [0.05, 0.1) is 31.1 Å². The lowest BCUT2D eigenvalue weighted by molar-refractivity contribution is 0.0959. The van der Waals surface area contributed by atoms with Gasteiger partial charge < -0.3 is 10.4 Å². The van der Waals surface area contributed by atoms with Crippen molar-refractivity contribution < 1.29 is 7.85 Å². The number of aliphatic hydroxyl groups is 1. The molecule has 0 spiro atoms. The highest BCUT2D eigenvalue weighted by atomic mass is 79.9. The smallest absolute Gasteiger partial charge is 0.261 e. The van der Waals surface area contributed by atoms with Gasteiger partial charge in [-0.3, -0.25) is 9.36 Å². The van der Waals surface area contributed by atoms with Crippen molar-refractivity contribution in [3.63, 3.8) is 0 Å². The molecule has 128 valence electrons. The molecule has 0 amide bonds. The third-order valence-electron chi connectivity index (χ3n) is 4.24. The second kappa shape index (κ2) is 7.35. The number of aromatic nitrogens is 2. The summed E-state index contributed by atoms with van der Waals surface area (Å²) < 4.78 is 17.5. The van der Waals surface area contributed by atoms with Crippen LogP contribution in [0.15, 0.2) is 39.8 Å². The number of hydrogen-bond donors (Lipinski definition) is 2. The van der Waals surface area contributed by atoms with Gasteiger partial charge >= 0.3 is 0 Å². The molecule has 0 aliphatic carbocycles. The van der Waals surface area contributed by atoms with Crippen molar-refractivity contribution in [1.29, 1.82) is 0 Å². The minimum atomic E-state index is -0.513. The normalized spacial score (nSPS) is 22.1. The fourth-order valence-corrected chi connectivity index (χ4v) is 3.44. The van der Waals surface area contributed by atoms with Gasteiger partial charge in [-0.05, 0) is 53.9 Å². The molecule has 0 unspecified atom stereocenters. The summed E-state index contributed by atoms with van der Waals surface area (Å²) in [5, 5.41) is 14.1. The summed E-state index contributed by atoms with van der Waals surface area (Å²) in [5.41, 5.74) is 0.713. The van der Waals surface area contributed by atoms with Gasteiger partial charge in [-0.25, -0.2) is 4.98 Å². The maximum atomic E-state index is 12.7. The zero-order valence-electron chi connectivity index (χ0n) is 14.9. The van der Waals surface area contributed by atoms with Crippen molar-refractivity contribution in [2.45, 2.75) is 38.0 Å². The van der Waals surface area contributed by atoms with E-state index in [-0.39, 0.29) is 24.7 Å². The Kier molecular flexibility index (Phi) is 4.62. The number of nitrogens with one attached hydrogen (secondary N) is 1. The van der Waals surface area contributed by atoms with Crippen molar-refractivity contribution in [2.24, 2.45) is 0 Å². The van der Waals surface area contributed by atoms with Gasteiger partial charge in [-0.2, -0.15) is 0 Å². The number of halogens is 2. The highest BCUT2D eigenvalue weighted by molar-refractivity contribution is 9.10. The van der Waals surface area contributed by atoms with E-state index in [9.17, 15) is 9.90 Å². The minimum absolute atomic E-state index is 0.0860. The lowest BCUT2D eigenvalue weighted by Crippen LogP contribution is -2.45. The van der Waals surface area contributed by atoms with Gasteiger partial charge in [0.1, 0.15) is 0 Å². The summed E-state index contributed by atoms with van der Waals surface area (Å²) in [4.78, 5) is 17.0. The maximum Gasteiger partial charge on any atom is 0.261 e. The van der Waals surface area contributed by atoms with Crippen LogP contribution in [0.1, 0.15) is 22.0 Å². The van der Waals surface area contributed by atoms with E-state index in [4.69, 9.17) is 14.3 Å². The van der Waals surface area contributed by atoms with Crippen molar-refractivity contribution in [2.75, 3.05) is 6.54 Å². The first kappa shape index (κ1) is 15.1. The molecular weight excluding hydrogens is 394 g/mol. The molecule has 1 aromatic carbocycles. The predicted octanol–water partition coefficient (Wildman–Crippen LogP) is 2.87. The Morgan fingerprint density at radius 1 is 1.62 bits per heavy atom. The van der Waals surface area contributed by atoms with Gasteiger partial charge in [-0.1, -0.05) is 23.7 Å². The maximum absolute atomic E-state index is 12.7. The summed E-state index contributed by atoms with van der Waals surface area (Å²) in [6.45, 7) is 0.541. The Hall–Kier alpha value is -1.21. The summed E-state index contributed by atoms with van der Waals surface area (Å²) in [7, 11) is 0. The first-order valence-corrected chi connectivity index (χ1v) is 8.94. The summed E-state index contributed by atoms with van der Waals surface area (Å²) in [5.74, 6) is 0. The van der Waals surface area contributed by atoms with E-state index in [1.54, 1.807) is 12.1 Å². The number of benzene rings is 1. The second-order valence-corrected chi connectivity index (χ2v) is 7.30. The Morgan fingerprint density at radius 3 is 3.21 bits per heavy atom. The summed E-state index contributed by atoms with van der Waals surface area (Å²) >= 11 is 9.40. The highest BCUT2D eigenvalue weighted by Crippen LogP contribution is 2.25. The summed E-state index contributed by atoms with van der Waals surface area (Å²) in [6, 6.07) is 3.03. The molecule has 0 bridgehead atoms. The number of hydrogen-bond acceptors (Lipinski definition) is 4. The molecule has 0 radical (unpaired) electrons. The lowest BCUT2D eigenvalue weighted by Gasteiger charge is -2.29. The molecule has 1 aromatic heterocycles.